The molecule has 0 aliphatic carbocycles. The molecule has 0 amide bonds. The summed E-state index contributed by atoms with van der Waals surface area (Å²) in [5, 5.41) is 0.816. The number of nitrogens with two attached hydrogens (primary N) is 1. The molecular formula is C10H8Cl3N3O2S. The van der Waals surface area contributed by atoms with Crippen LogP contribution in [-0.4, -0.2) is 18.4 Å². The molecule has 0 fully saturated rings. The highest BCUT2D eigenvalue weighted by atomic mass is 35.7. The van der Waals surface area contributed by atoms with E-state index in [2.05, 4.69) is 9.97 Å². The van der Waals surface area contributed by atoms with E-state index in [1.807, 2.05) is 0 Å². The molecule has 0 aliphatic heterocycles. The SMILES string of the molecule is Nc1cncc(Cl)c1.O=S(=O)(Cl)c1cncc(Cl)c1. The van der Waals surface area contributed by atoms with Crippen molar-refractivity contribution < 1.29 is 8.42 Å². The van der Waals surface area contributed by atoms with Gasteiger partial charge in [0.1, 0.15) is 4.90 Å². The second-order valence-electron chi connectivity index (χ2n) is 3.21. The average Bonchev–Trinajstić information content (AvgIpc) is 2.28. The van der Waals surface area contributed by atoms with Crippen LogP contribution in [0.25, 0.3) is 0 Å². The van der Waals surface area contributed by atoms with Crippen molar-refractivity contribution in [3.05, 3.63) is 47.0 Å². The predicted octanol–water partition coefficient (Wildman–Crippen LogP) is 2.98. The Hall–Kier alpha value is -1.08. The predicted molar refractivity (Wildman–Crippen MR) is 75.9 cm³/mol. The zero-order valence-corrected chi connectivity index (χ0v) is 12.4. The van der Waals surface area contributed by atoms with E-state index in [9.17, 15) is 8.42 Å². The maximum absolute atomic E-state index is 10.7. The van der Waals surface area contributed by atoms with E-state index in [1.54, 1.807) is 12.3 Å². The fourth-order valence-electron chi connectivity index (χ4n) is 0.954. The second-order valence-corrected chi connectivity index (χ2v) is 6.65. The number of pyridine rings is 2. The van der Waals surface area contributed by atoms with Crippen LogP contribution in [0.3, 0.4) is 0 Å². The van der Waals surface area contributed by atoms with E-state index in [1.165, 1.54) is 18.5 Å². The molecule has 0 bridgehead atoms. The van der Waals surface area contributed by atoms with Crippen molar-refractivity contribution in [3.63, 3.8) is 0 Å². The lowest BCUT2D eigenvalue weighted by atomic mass is 10.4. The summed E-state index contributed by atoms with van der Waals surface area (Å²) < 4.78 is 21.3. The van der Waals surface area contributed by atoms with Gasteiger partial charge in [-0.25, -0.2) is 8.42 Å². The minimum atomic E-state index is -3.70. The van der Waals surface area contributed by atoms with Crippen molar-refractivity contribution in [2.45, 2.75) is 4.90 Å². The first-order chi connectivity index (χ1) is 8.79. The van der Waals surface area contributed by atoms with Crippen LogP contribution >= 0.6 is 33.9 Å². The fraction of sp³-hybridized carbons (Fsp3) is 0. The molecule has 0 radical (unpaired) electrons. The minimum absolute atomic E-state index is 0.0910. The van der Waals surface area contributed by atoms with Gasteiger partial charge in [0.25, 0.3) is 9.05 Å². The van der Waals surface area contributed by atoms with Gasteiger partial charge in [0, 0.05) is 35.5 Å². The Morgan fingerprint density at radius 1 is 0.947 bits per heavy atom. The number of halogens is 3. The lowest BCUT2D eigenvalue weighted by molar-refractivity contribution is 0.609. The number of nitrogens with zero attached hydrogens (tertiary/aromatic N) is 2. The molecule has 19 heavy (non-hydrogen) atoms. The molecule has 0 aromatic carbocycles. The Bertz CT molecular complexity index is 647. The molecular weight excluding hydrogens is 333 g/mol. The number of rotatable bonds is 1. The van der Waals surface area contributed by atoms with Crippen molar-refractivity contribution in [1.29, 1.82) is 0 Å². The van der Waals surface area contributed by atoms with Gasteiger partial charge in [-0.15, -0.1) is 0 Å². The molecule has 9 heteroatoms. The molecule has 0 spiro atoms. The molecule has 2 heterocycles. The first-order valence-corrected chi connectivity index (χ1v) is 7.77. The number of hydrogen-bond donors (Lipinski definition) is 1. The van der Waals surface area contributed by atoms with Crippen LogP contribution in [0, 0.1) is 0 Å². The van der Waals surface area contributed by atoms with Crippen LogP contribution in [0.4, 0.5) is 5.69 Å². The first-order valence-electron chi connectivity index (χ1n) is 4.70. The first kappa shape index (κ1) is 16.0. The third kappa shape index (κ3) is 6.07. The summed E-state index contributed by atoms with van der Waals surface area (Å²) in [6.07, 6.45) is 5.55. The zero-order chi connectivity index (χ0) is 14.5. The summed E-state index contributed by atoms with van der Waals surface area (Å²) >= 11 is 11.0. The highest BCUT2D eigenvalue weighted by molar-refractivity contribution is 8.13. The minimum Gasteiger partial charge on any atom is -0.397 e. The Balaban J connectivity index is 0.000000200. The number of aromatic nitrogens is 2. The molecule has 2 N–H and O–H groups in total. The van der Waals surface area contributed by atoms with Crippen LogP contribution in [0.1, 0.15) is 0 Å². The quantitative estimate of drug-likeness (QED) is 0.807. The van der Waals surface area contributed by atoms with Gasteiger partial charge in [0.2, 0.25) is 0 Å². The molecule has 2 rings (SSSR count). The standard InChI is InChI=1S/C5H3Cl2NO2S.C5H5ClN2/c6-4-1-5(3-8-2-4)11(7,9)10;6-4-1-5(7)3-8-2-4/h1-3H;1-3H,7H2. The highest BCUT2D eigenvalue weighted by Crippen LogP contribution is 2.16. The Morgan fingerprint density at radius 3 is 1.79 bits per heavy atom. The highest BCUT2D eigenvalue weighted by Gasteiger charge is 2.09. The van der Waals surface area contributed by atoms with Gasteiger partial charge in [-0.05, 0) is 12.1 Å². The van der Waals surface area contributed by atoms with Gasteiger partial charge in [0.15, 0.2) is 0 Å². The van der Waals surface area contributed by atoms with Gasteiger partial charge in [-0.3, -0.25) is 9.97 Å². The van der Waals surface area contributed by atoms with Crippen LogP contribution in [0.5, 0.6) is 0 Å². The lowest BCUT2D eigenvalue weighted by Crippen LogP contribution is -1.90. The largest absolute Gasteiger partial charge is 0.397 e. The second kappa shape index (κ2) is 6.91. The third-order valence-electron chi connectivity index (χ3n) is 1.69. The van der Waals surface area contributed by atoms with E-state index in [-0.39, 0.29) is 9.92 Å². The summed E-state index contributed by atoms with van der Waals surface area (Å²) in [6.45, 7) is 0. The van der Waals surface area contributed by atoms with Gasteiger partial charge < -0.3 is 5.73 Å². The van der Waals surface area contributed by atoms with E-state index in [0.717, 1.165) is 6.20 Å². The third-order valence-corrected chi connectivity index (χ3v) is 3.42. The topological polar surface area (TPSA) is 85.9 Å². The molecule has 0 saturated carbocycles. The zero-order valence-electron chi connectivity index (χ0n) is 9.29. The Labute approximate surface area is 124 Å². The maximum Gasteiger partial charge on any atom is 0.262 e. The molecule has 102 valence electrons. The van der Waals surface area contributed by atoms with Crippen molar-refractivity contribution >= 4 is 48.6 Å². The van der Waals surface area contributed by atoms with Crippen LogP contribution in [-0.2, 0) is 9.05 Å². The average molecular weight is 341 g/mol. The van der Waals surface area contributed by atoms with Crippen LogP contribution in [0.15, 0.2) is 41.8 Å². The maximum atomic E-state index is 10.7. The summed E-state index contributed by atoms with van der Waals surface area (Å²) in [4.78, 5) is 7.19. The van der Waals surface area contributed by atoms with Gasteiger partial charge >= 0.3 is 0 Å². The fourth-order valence-corrected chi connectivity index (χ4v) is 2.08. The number of anilines is 1. The summed E-state index contributed by atoms with van der Waals surface area (Å²) in [6, 6.07) is 2.88. The Kier molecular flexibility index (Phi) is 5.81. The normalized spacial score (nSPS) is 10.5. The van der Waals surface area contributed by atoms with Crippen molar-refractivity contribution in [3.8, 4) is 0 Å². The Morgan fingerprint density at radius 2 is 1.47 bits per heavy atom. The van der Waals surface area contributed by atoms with Gasteiger partial charge in [-0.1, -0.05) is 23.2 Å². The monoisotopic (exact) mass is 339 g/mol. The molecule has 2 aromatic heterocycles. The van der Waals surface area contributed by atoms with E-state index < -0.39 is 9.05 Å². The smallest absolute Gasteiger partial charge is 0.262 e. The van der Waals surface area contributed by atoms with Crippen molar-refractivity contribution in [1.82, 2.24) is 9.97 Å². The molecule has 5 nitrogen and oxygen atoms in total. The molecule has 2 aromatic rings. The molecule has 0 unspecified atom stereocenters. The van der Waals surface area contributed by atoms with Crippen LogP contribution in [0.2, 0.25) is 10.0 Å². The van der Waals surface area contributed by atoms with Gasteiger partial charge in [0.05, 0.1) is 15.7 Å². The van der Waals surface area contributed by atoms with Crippen molar-refractivity contribution in [2.24, 2.45) is 0 Å². The summed E-state index contributed by atoms with van der Waals surface area (Å²) in [5.74, 6) is 0. The summed E-state index contributed by atoms with van der Waals surface area (Å²) in [7, 11) is 1.30. The molecule has 0 aliphatic rings. The van der Waals surface area contributed by atoms with Crippen molar-refractivity contribution in [2.75, 3.05) is 5.73 Å². The lowest BCUT2D eigenvalue weighted by Gasteiger charge is -1.93. The summed E-state index contributed by atoms with van der Waals surface area (Å²) in [5.41, 5.74) is 5.91. The van der Waals surface area contributed by atoms with E-state index in [0.29, 0.717) is 10.7 Å². The van der Waals surface area contributed by atoms with Gasteiger partial charge in [-0.2, -0.15) is 0 Å². The van der Waals surface area contributed by atoms with E-state index in [4.69, 9.17) is 39.6 Å². The molecule has 0 atom stereocenters. The number of hydrogen-bond acceptors (Lipinski definition) is 5. The van der Waals surface area contributed by atoms with Crippen LogP contribution < -0.4 is 5.73 Å². The molecule has 0 saturated heterocycles. The number of nitrogen functional groups attached to an aromatic ring is 1. The van der Waals surface area contributed by atoms with E-state index >= 15 is 0 Å².